The first kappa shape index (κ1) is 17.3. The fourth-order valence-electron chi connectivity index (χ4n) is 2.76. The highest BCUT2D eigenvalue weighted by atomic mass is 16.5. The fourth-order valence-corrected chi connectivity index (χ4v) is 2.76. The van der Waals surface area contributed by atoms with Crippen molar-refractivity contribution in [2.45, 2.75) is 32.4 Å². The highest BCUT2D eigenvalue weighted by Gasteiger charge is 2.27. The summed E-state index contributed by atoms with van der Waals surface area (Å²) >= 11 is 0. The molecule has 25 heavy (non-hydrogen) atoms. The van der Waals surface area contributed by atoms with Gasteiger partial charge in [0.25, 0.3) is 5.91 Å². The number of anilines is 1. The van der Waals surface area contributed by atoms with Crippen molar-refractivity contribution >= 4 is 11.9 Å². The van der Waals surface area contributed by atoms with Crippen LogP contribution in [0.15, 0.2) is 16.8 Å². The van der Waals surface area contributed by atoms with E-state index < -0.39 is 0 Å². The Morgan fingerprint density at radius 3 is 2.76 bits per heavy atom. The molecule has 134 valence electrons. The largest absolute Gasteiger partial charge is 0.368 e. The van der Waals surface area contributed by atoms with Gasteiger partial charge in [0.1, 0.15) is 6.10 Å². The highest BCUT2D eigenvalue weighted by Crippen LogP contribution is 2.25. The molecule has 0 spiro atoms. The Hall–Kier alpha value is -2.48. The van der Waals surface area contributed by atoms with Gasteiger partial charge in [0.2, 0.25) is 5.95 Å². The van der Waals surface area contributed by atoms with Crippen LogP contribution in [0.5, 0.6) is 0 Å². The average Bonchev–Trinajstić information content (AvgIpc) is 3.25. The lowest BCUT2D eigenvalue weighted by atomic mass is 10.1. The SMILES string of the molecule is Cc1cc(-c2cnc(N(C)C)nc2CN(C)C(=O)C2CCCO2)on1. The number of aromatic nitrogens is 3. The molecule has 1 fully saturated rings. The van der Waals surface area contributed by atoms with Gasteiger partial charge >= 0.3 is 0 Å². The van der Waals surface area contributed by atoms with E-state index in [1.165, 1.54) is 0 Å². The molecule has 1 unspecified atom stereocenters. The molecule has 8 nitrogen and oxygen atoms in total. The van der Waals surface area contributed by atoms with Crippen LogP contribution in [0.25, 0.3) is 11.3 Å². The molecule has 1 aliphatic heterocycles. The first-order valence-corrected chi connectivity index (χ1v) is 8.29. The molecule has 0 aromatic carbocycles. The van der Waals surface area contributed by atoms with Crippen molar-refractivity contribution in [2.24, 2.45) is 0 Å². The lowest BCUT2D eigenvalue weighted by Crippen LogP contribution is -2.36. The number of aryl methyl sites for hydroxylation is 1. The number of hydrogen-bond donors (Lipinski definition) is 0. The third kappa shape index (κ3) is 3.79. The predicted octanol–water partition coefficient (Wildman–Crippen LogP) is 1.64. The van der Waals surface area contributed by atoms with E-state index >= 15 is 0 Å². The van der Waals surface area contributed by atoms with Gasteiger partial charge in [-0.15, -0.1) is 0 Å². The lowest BCUT2D eigenvalue weighted by molar-refractivity contribution is -0.140. The molecular weight excluding hydrogens is 322 g/mol. The molecular formula is C17H23N5O3. The number of amides is 1. The van der Waals surface area contributed by atoms with Crippen molar-refractivity contribution in [3.05, 3.63) is 23.7 Å². The maximum absolute atomic E-state index is 12.5. The smallest absolute Gasteiger partial charge is 0.251 e. The third-order valence-electron chi connectivity index (χ3n) is 4.12. The van der Waals surface area contributed by atoms with E-state index in [1.807, 2.05) is 32.0 Å². The van der Waals surface area contributed by atoms with Crippen molar-refractivity contribution in [2.75, 3.05) is 32.6 Å². The molecule has 0 N–H and O–H groups in total. The summed E-state index contributed by atoms with van der Waals surface area (Å²) in [6.45, 7) is 2.84. The van der Waals surface area contributed by atoms with E-state index in [0.717, 1.165) is 24.1 Å². The van der Waals surface area contributed by atoms with Gasteiger partial charge in [-0.05, 0) is 19.8 Å². The maximum Gasteiger partial charge on any atom is 0.251 e. The van der Waals surface area contributed by atoms with Gasteiger partial charge in [-0.2, -0.15) is 0 Å². The molecule has 0 radical (unpaired) electrons. The highest BCUT2D eigenvalue weighted by molar-refractivity contribution is 5.81. The van der Waals surface area contributed by atoms with Crippen LogP contribution < -0.4 is 4.90 Å². The Morgan fingerprint density at radius 1 is 1.36 bits per heavy atom. The van der Waals surface area contributed by atoms with Gasteiger partial charge in [0, 0.05) is 40.0 Å². The molecule has 3 rings (SSSR count). The molecule has 1 atom stereocenters. The van der Waals surface area contributed by atoms with E-state index in [9.17, 15) is 4.79 Å². The summed E-state index contributed by atoms with van der Waals surface area (Å²) in [6.07, 6.45) is 3.05. The quantitative estimate of drug-likeness (QED) is 0.814. The number of ether oxygens (including phenoxy) is 1. The summed E-state index contributed by atoms with van der Waals surface area (Å²) in [7, 11) is 5.51. The van der Waals surface area contributed by atoms with E-state index in [4.69, 9.17) is 9.26 Å². The summed E-state index contributed by atoms with van der Waals surface area (Å²) in [5, 5.41) is 3.93. The van der Waals surface area contributed by atoms with Crippen molar-refractivity contribution < 1.29 is 14.1 Å². The second kappa shape index (κ2) is 7.18. The molecule has 0 aliphatic carbocycles. The van der Waals surface area contributed by atoms with E-state index in [2.05, 4.69) is 15.1 Å². The van der Waals surface area contributed by atoms with Gasteiger partial charge in [-0.1, -0.05) is 5.16 Å². The van der Waals surface area contributed by atoms with Crippen LogP contribution in [0.4, 0.5) is 5.95 Å². The van der Waals surface area contributed by atoms with Crippen LogP contribution in [-0.4, -0.2) is 59.8 Å². The number of rotatable bonds is 5. The summed E-state index contributed by atoms with van der Waals surface area (Å²) < 4.78 is 10.9. The Balaban J connectivity index is 1.89. The number of carbonyl (C=O) groups is 1. The van der Waals surface area contributed by atoms with Crippen molar-refractivity contribution in [3.63, 3.8) is 0 Å². The lowest BCUT2D eigenvalue weighted by Gasteiger charge is -2.22. The summed E-state index contributed by atoms with van der Waals surface area (Å²) in [4.78, 5) is 24.9. The van der Waals surface area contributed by atoms with Crippen molar-refractivity contribution in [1.29, 1.82) is 0 Å². The second-order valence-corrected chi connectivity index (χ2v) is 6.45. The Bertz CT molecular complexity index is 752. The molecule has 1 saturated heterocycles. The molecule has 1 aliphatic rings. The van der Waals surface area contributed by atoms with Gasteiger partial charge < -0.3 is 19.1 Å². The Morgan fingerprint density at radius 2 is 2.16 bits per heavy atom. The number of carbonyl (C=O) groups excluding carboxylic acids is 1. The molecule has 3 heterocycles. The summed E-state index contributed by atoms with van der Waals surface area (Å²) in [5.41, 5.74) is 2.23. The monoisotopic (exact) mass is 345 g/mol. The van der Waals surface area contributed by atoms with Crippen LogP contribution in [0, 0.1) is 6.92 Å². The van der Waals surface area contributed by atoms with Crippen LogP contribution in [0.3, 0.4) is 0 Å². The molecule has 2 aromatic heterocycles. The van der Waals surface area contributed by atoms with Gasteiger partial charge in [0.15, 0.2) is 5.76 Å². The molecule has 2 aromatic rings. The van der Waals surface area contributed by atoms with Gasteiger partial charge in [-0.25, -0.2) is 9.97 Å². The van der Waals surface area contributed by atoms with Crippen molar-refractivity contribution in [3.8, 4) is 11.3 Å². The van der Waals surface area contributed by atoms with Crippen molar-refractivity contribution in [1.82, 2.24) is 20.0 Å². The minimum absolute atomic E-state index is 0.0257. The second-order valence-electron chi connectivity index (χ2n) is 6.45. The van der Waals surface area contributed by atoms with Crippen LogP contribution >= 0.6 is 0 Å². The Kier molecular flexibility index (Phi) is 4.98. The standard InChI is InChI=1S/C17H23N5O3/c1-11-8-15(25-20-11)12-9-18-17(21(2)3)19-13(12)10-22(4)16(23)14-6-5-7-24-14/h8-9,14H,5-7,10H2,1-4H3. The van der Waals surface area contributed by atoms with Crippen LogP contribution in [0.1, 0.15) is 24.2 Å². The zero-order chi connectivity index (χ0) is 18.0. The third-order valence-corrected chi connectivity index (χ3v) is 4.12. The van der Waals surface area contributed by atoms with E-state index in [0.29, 0.717) is 30.6 Å². The van der Waals surface area contributed by atoms with Crippen LogP contribution in [-0.2, 0) is 16.1 Å². The van der Waals surface area contributed by atoms with Crippen LogP contribution in [0.2, 0.25) is 0 Å². The molecule has 0 saturated carbocycles. The number of nitrogens with zero attached hydrogens (tertiary/aromatic N) is 5. The van der Waals surface area contributed by atoms with Gasteiger partial charge in [-0.3, -0.25) is 4.79 Å². The zero-order valence-electron chi connectivity index (χ0n) is 15.0. The minimum atomic E-state index is -0.351. The van der Waals surface area contributed by atoms with Gasteiger partial charge in [0.05, 0.1) is 23.5 Å². The topological polar surface area (TPSA) is 84.6 Å². The number of likely N-dealkylation sites (N-methyl/N-ethyl adjacent to an activating group) is 1. The average molecular weight is 345 g/mol. The first-order valence-electron chi connectivity index (χ1n) is 8.29. The maximum atomic E-state index is 12.5. The number of hydrogen-bond acceptors (Lipinski definition) is 7. The zero-order valence-corrected chi connectivity index (χ0v) is 15.0. The Labute approximate surface area is 146 Å². The molecule has 8 heteroatoms. The fraction of sp³-hybridized carbons (Fsp3) is 0.529. The summed E-state index contributed by atoms with van der Waals surface area (Å²) in [5.74, 6) is 1.14. The first-order chi connectivity index (χ1) is 12.0. The normalized spacial score (nSPS) is 16.9. The summed E-state index contributed by atoms with van der Waals surface area (Å²) in [6, 6.07) is 1.83. The molecule has 1 amide bonds. The van der Waals surface area contributed by atoms with E-state index in [1.54, 1.807) is 18.1 Å². The predicted molar refractivity (Wildman–Crippen MR) is 92.0 cm³/mol. The molecule has 0 bridgehead atoms. The minimum Gasteiger partial charge on any atom is -0.368 e. The van der Waals surface area contributed by atoms with E-state index in [-0.39, 0.29) is 12.0 Å².